The first-order chi connectivity index (χ1) is 28.6. The van der Waals surface area contributed by atoms with Crippen molar-refractivity contribution in [2.75, 3.05) is 19.7 Å². The number of para-hydroxylation sites is 1. The van der Waals surface area contributed by atoms with Crippen LogP contribution in [-0.2, 0) is 59.2 Å². The molecule has 0 fully saturated rings. The fourth-order valence-electron chi connectivity index (χ4n) is 5.31. The van der Waals surface area contributed by atoms with Crippen LogP contribution in [0.25, 0.3) is 10.9 Å². The van der Waals surface area contributed by atoms with E-state index in [0.29, 0.717) is 0 Å². The van der Waals surface area contributed by atoms with Gasteiger partial charge in [-0.1, -0.05) is 18.2 Å². The van der Waals surface area contributed by atoms with Gasteiger partial charge in [-0.3, -0.25) is 47.9 Å². The first-order valence-electron chi connectivity index (χ1n) is 18.6. The largest absolute Gasteiger partial charge is 0.481 e. The Morgan fingerprint density at radius 2 is 1.16 bits per heavy atom. The number of aromatic nitrogens is 1. The van der Waals surface area contributed by atoms with E-state index in [1.165, 1.54) is 13.8 Å². The summed E-state index contributed by atoms with van der Waals surface area (Å²) in [5.41, 5.74) is 7.72. The van der Waals surface area contributed by atoms with Gasteiger partial charge >= 0.3 is 17.9 Å². The maximum atomic E-state index is 13.0. The van der Waals surface area contributed by atoms with E-state index in [2.05, 4.69) is 36.9 Å². The molecule has 1 aromatic heterocycles. The van der Waals surface area contributed by atoms with Crippen LogP contribution in [0.5, 0.6) is 0 Å². The molecular formula is C36H50N10O15. The van der Waals surface area contributed by atoms with Gasteiger partial charge in [0.05, 0.1) is 32.2 Å². The van der Waals surface area contributed by atoms with Crippen molar-refractivity contribution in [1.82, 2.24) is 47.5 Å². The van der Waals surface area contributed by atoms with Crippen molar-refractivity contribution >= 4 is 76.1 Å². The molecule has 8 amide bonds. The zero-order valence-corrected chi connectivity index (χ0v) is 33.2. The smallest absolute Gasteiger partial charge is 0.326 e. The predicted molar refractivity (Wildman–Crippen MR) is 208 cm³/mol. The normalized spacial score (nSPS) is 14.2. The van der Waals surface area contributed by atoms with Crippen LogP contribution >= 0.6 is 0 Å². The van der Waals surface area contributed by atoms with Gasteiger partial charge in [0.2, 0.25) is 47.3 Å². The molecule has 7 atom stereocenters. The number of aliphatic hydroxyl groups excluding tert-OH is 1. The molecule has 25 heteroatoms. The van der Waals surface area contributed by atoms with Crippen molar-refractivity contribution < 1.29 is 73.2 Å². The Morgan fingerprint density at radius 1 is 0.623 bits per heavy atom. The molecule has 0 spiro atoms. The van der Waals surface area contributed by atoms with Crippen molar-refractivity contribution in [2.45, 2.75) is 88.7 Å². The Balaban J connectivity index is 1.85. The minimum absolute atomic E-state index is 0.175. The molecule has 334 valence electrons. The van der Waals surface area contributed by atoms with E-state index in [-0.39, 0.29) is 6.42 Å². The standard InChI is InChI=1S/C36H50N10O15/c1-16(42-33(57)21(37)10-19-12-38-22-7-5-4-6-20(19)22)30(54)39-13-26(48)41-17(2)31(55)45-24(11-29(52)53)35(59)43-18(3)32(56)46-25(15-47)34(58)40-14-27(49)44-23(36(60)61)8-9-28(50)51/h4-7,12,16-18,21,23-25,38,47H,8-11,13-15,37H2,1-3H3,(H,39,54)(H,40,58)(H,41,48)(H,42,57)(H,43,59)(H,44,49)(H,45,55)(H,46,56)(H,50,51)(H,52,53)(H,60,61). The number of aliphatic hydroxyl groups is 1. The van der Waals surface area contributed by atoms with Gasteiger partial charge < -0.3 is 73.7 Å². The molecule has 7 unspecified atom stereocenters. The van der Waals surface area contributed by atoms with Gasteiger partial charge in [-0.15, -0.1) is 0 Å². The highest BCUT2D eigenvalue weighted by molar-refractivity contribution is 5.98. The highest BCUT2D eigenvalue weighted by Gasteiger charge is 2.31. The van der Waals surface area contributed by atoms with Crippen LogP contribution in [0.2, 0.25) is 0 Å². The number of hydrogen-bond donors (Lipinski definition) is 14. The number of amides is 8. The molecule has 2 aromatic rings. The highest BCUT2D eigenvalue weighted by atomic mass is 16.4. The maximum Gasteiger partial charge on any atom is 0.326 e. The summed E-state index contributed by atoms with van der Waals surface area (Å²) in [6, 6.07) is -2.68. The van der Waals surface area contributed by atoms with Crippen molar-refractivity contribution in [3.63, 3.8) is 0 Å². The Bertz CT molecular complexity index is 1970. The minimum Gasteiger partial charge on any atom is -0.481 e. The third-order valence-electron chi connectivity index (χ3n) is 8.68. The molecule has 0 radical (unpaired) electrons. The number of hydrogen-bond acceptors (Lipinski definition) is 13. The molecule has 0 aliphatic rings. The number of aliphatic carboxylic acids is 3. The Morgan fingerprint density at radius 3 is 1.75 bits per heavy atom. The second kappa shape index (κ2) is 24.1. The number of benzene rings is 1. The first-order valence-corrected chi connectivity index (χ1v) is 18.6. The van der Waals surface area contributed by atoms with Gasteiger partial charge in [-0.25, -0.2) is 4.79 Å². The molecule has 0 aliphatic heterocycles. The van der Waals surface area contributed by atoms with Gasteiger partial charge in [0.25, 0.3) is 0 Å². The lowest BCUT2D eigenvalue weighted by molar-refractivity contribution is -0.143. The van der Waals surface area contributed by atoms with Crippen LogP contribution in [-0.4, -0.2) is 153 Å². The van der Waals surface area contributed by atoms with Crippen LogP contribution in [0.1, 0.15) is 45.6 Å². The van der Waals surface area contributed by atoms with Gasteiger partial charge in [0.1, 0.15) is 36.3 Å². The summed E-state index contributed by atoms with van der Waals surface area (Å²) in [6.45, 7) is 1.16. The number of aromatic amines is 1. The summed E-state index contributed by atoms with van der Waals surface area (Å²) >= 11 is 0. The molecule has 0 bridgehead atoms. The number of fused-ring (bicyclic) bond motifs is 1. The van der Waals surface area contributed by atoms with Crippen molar-refractivity contribution in [2.24, 2.45) is 5.73 Å². The van der Waals surface area contributed by atoms with E-state index in [0.717, 1.165) is 23.4 Å². The molecule has 0 saturated heterocycles. The monoisotopic (exact) mass is 862 g/mol. The number of carbonyl (C=O) groups is 11. The van der Waals surface area contributed by atoms with Crippen LogP contribution in [0, 0.1) is 0 Å². The van der Waals surface area contributed by atoms with Gasteiger partial charge in [0, 0.05) is 23.5 Å². The summed E-state index contributed by atoms with van der Waals surface area (Å²) < 4.78 is 0. The Labute approximate surface area is 346 Å². The molecule has 0 aliphatic carbocycles. The van der Waals surface area contributed by atoms with Crippen LogP contribution in [0.15, 0.2) is 30.5 Å². The molecule has 0 saturated carbocycles. The summed E-state index contributed by atoms with van der Waals surface area (Å²) in [5.74, 6) is -12.1. The average molecular weight is 863 g/mol. The number of nitrogens with one attached hydrogen (secondary N) is 9. The van der Waals surface area contributed by atoms with Crippen molar-refractivity contribution in [1.29, 1.82) is 0 Å². The fraction of sp³-hybridized carbons (Fsp3) is 0.472. The van der Waals surface area contributed by atoms with E-state index in [4.69, 9.17) is 15.9 Å². The quantitative estimate of drug-likeness (QED) is 0.0443. The zero-order chi connectivity index (χ0) is 46.0. The Hall–Kier alpha value is -7.15. The second-order valence-corrected chi connectivity index (χ2v) is 13.6. The summed E-state index contributed by atoms with van der Waals surface area (Å²) in [6.07, 6.45) is -0.105. The average Bonchev–Trinajstić information content (AvgIpc) is 3.60. The lowest BCUT2D eigenvalue weighted by Gasteiger charge is -2.23. The van der Waals surface area contributed by atoms with E-state index >= 15 is 0 Å². The van der Waals surface area contributed by atoms with Gasteiger partial charge in [-0.2, -0.15) is 0 Å². The lowest BCUT2D eigenvalue weighted by atomic mass is 10.0. The maximum absolute atomic E-state index is 13.0. The number of rotatable bonds is 25. The predicted octanol–water partition coefficient (Wildman–Crippen LogP) is -5.35. The Kier molecular flexibility index (Phi) is 19.7. The third kappa shape index (κ3) is 16.9. The van der Waals surface area contributed by atoms with Crippen LogP contribution in [0.4, 0.5) is 0 Å². The summed E-state index contributed by atoms with van der Waals surface area (Å²) in [5, 5.41) is 55.2. The van der Waals surface area contributed by atoms with Crippen molar-refractivity contribution in [3.8, 4) is 0 Å². The molecule has 15 N–H and O–H groups in total. The van der Waals surface area contributed by atoms with Gasteiger partial charge in [-0.05, 0) is 45.2 Å². The number of carbonyl (C=O) groups excluding carboxylic acids is 8. The van der Waals surface area contributed by atoms with Crippen LogP contribution in [0.3, 0.4) is 0 Å². The van der Waals surface area contributed by atoms with Gasteiger partial charge in [0.15, 0.2) is 0 Å². The van der Waals surface area contributed by atoms with Crippen molar-refractivity contribution in [3.05, 3.63) is 36.0 Å². The molecule has 25 nitrogen and oxygen atoms in total. The topological polar surface area (TPSA) is 407 Å². The van der Waals surface area contributed by atoms with E-state index in [9.17, 15) is 63.0 Å². The summed E-state index contributed by atoms with van der Waals surface area (Å²) in [4.78, 5) is 138. The second-order valence-electron chi connectivity index (χ2n) is 13.6. The third-order valence-corrected chi connectivity index (χ3v) is 8.68. The van der Waals surface area contributed by atoms with Crippen LogP contribution < -0.4 is 48.3 Å². The lowest BCUT2D eigenvalue weighted by Crippen LogP contribution is -2.58. The SMILES string of the molecule is CC(NC(=O)CNC(=O)C(C)NC(=O)C(N)Cc1c[nH]c2ccccc12)C(=O)NC(CC(=O)O)C(=O)NC(C)C(=O)NC(CO)C(=O)NCC(=O)NC(CCC(=O)O)C(=O)O. The first kappa shape index (κ1) is 50.0. The molecule has 1 aromatic carbocycles. The minimum atomic E-state index is -1.80. The number of carboxylic acid groups (broad SMARTS) is 3. The highest BCUT2D eigenvalue weighted by Crippen LogP contribution is 2.18. The molecule has 61 heavy (non-hydrogen) atoms. The fourth-order valence-corrected chi connectivity index (χ4v) is 5.31. The zero-order valence-electron chi connectivity index (χ0n) is 33.2. The number of carboxylic acids is 3. The number of nitrogens with two attached hydrogens (primary N) is 1. The molecular weight excluding hydrogens is 812 g/mol. The summed E-state index contributed by atoms with van der Waals surface area (Å²) in [7, 11) is 0. The van der Waals surface area contributed by atoms with E-state index < -0.39 is 146 Å². The molecule has 1 heterocycles. The van der Waals surface area contributed by atoms with E-state index in [1.807, 2.05) is 34.9 Å². The van der Waals surface area contributed by atoms with E-state index in [1.54, 1.807) is 6.20 Å². The number of H-pyrrole nitrogens is 1. The molecule has 2 rings (SSSR count).